The van der Waals surface area contributed by atoms with Gasteiger partial charge in [-0.2, -0.15) is 0 Å². The summed E-state index contributed by atoms with van der Waals surface area (Å²) >= 11 is 1.40. The zero-order valence-corrected chi connectivity index (χ0v) is 17.5. The highest BCUT2D eigenvalue weighted by atomic mass is 32.2. The lowest BCUT2D eigenvalue weighted by molar-refractivity contribution is 0.0514. The summed E-state index contributed by atoms with van der Waals surface area (Å²) in [7, 11) is 0. The molecule has 0 aliphatic heterocycles. The SMILES string of the molecule is CCOC(=O)c1c(NC(=O)c2cccc(C)c2)nc(SC)n1Cc1ccccc1. The van der Waals surface area contributed by atoms with Crippen LogP contribution in [0.1, 0.15) is 38.9 Å². The molecule has 150 valence electrons. The molecular weight excluding hydrogens is 386 g/mol. The zero-order valence-electron chi connectivity index (χ0n) is 16.6. The molecule has 0 aliphatic rings. The van der Waals surface area contributed by atoms with Crippen molar-refractivity contribution < 1.29 is 14.3 Å². The second-order valence-electron chi connectivity index (χ2n) is 6.41. The van der Waals surface area contributed by atoms with E-state index in [1.807, 2.05) is 55.6 Å². The number of thioether (sulfide) groups is 1. The van der Waals surface area contributed by atoms with Crippen molar-refractivity contribution >= 4 is 29.5 Å². The van der Waals surface area contributed by atoms with Gasteiger partial charge < -0.3 is 14.6 Å². The van der Waals surface area contributed by atoms with Gasteiger partial charge in [0, 0.05) is 5.56 Å². The van der Waals surface area contributed by atoms with Crippen molar-refractivity contribution in [2.45, 2.75) is 25.5 Å². The van der Waals surface area contributed by atoms with Gasteiger partial charge in [0.05, 0.1) is 13.2 Å². The van der Waals surface area contributed by atoms with Crippen LogP contribution in [0, 0.1) is 6.92 Å². The third-order valence-corrected chi connectivity index (χ3v) is 4.96. The van der Waals surface area contributed by atoms with Crippen LogP contribution < -0.4 is 5.32 Å². The minimum absolute atomic E-state index is 0.204. The number of rotatable bonds is 7. The quantitative estimate of drug-likeness (QED) is 0.463. The maximum atomic E-state index is 12.7. The molecule has 1 N–H and O–H groups in total. The van der Waals surface area contributed by atoms with Gasteiger partial charge in [-0.25, -0.2) is 9.78 Å². The molecule has 1 amide bonds. The van der Waals surface area contributed by atoms with Gasteiger partial charge in [0.25, 0.3) is 5.91 Å². The minimum atomic E-state index is -0.518. The molecule has 0 radical (unpaired) electrons. The highest BCUT2D eigenvalue weighted by Crippen LogP contribution is 2.26. The number of carbonyl (C=O) groups is 2. The fraction of sp³-hybridized carbons (Fsp3) is 0.227. The average Bonchev–Trinajstić information content (AvgIpc) is 3.05. The summed E-state index contributed by atoms with van der Waals surface area (Å²) in [6, 6.07) is 17.0. The molecule has 7 heteroatoms. The number of benzene rings is 2. The summed E-state index contributed by atoms with van der Waals surface area (Å²) in [5.74, 6) is -0.637. The lowest BCUT2D eigenvalue weighted by Gasteiger charge is -2.11. The number of hydrogen-bond donors (Lipinski definition) is 1. The van der Waals surface area contributed by atoms with Crippen molar-refractivity contribution in [1.29, 1.82) is 0 Å². The lowest BCUT2D eigenvalue weighted by atomic mass is 10.1. The van der Waals surface area contributed by atoms with E-state index in [9.17, 15) is 9.59 Å². The van der Waals surface area contributed by atoms with Crippen LogP contribution in [0.25, 0.3) is 0 Å². The standard InChI is InChI=1S/C22H23N3O3S/c1-4-28-21(27)18-19(23-20(26)17-12-8-9-15(2)13-17)24-22(29-3)25(18)14-16-10-6-5-7-11-16/h5-13H,4,14H2,1-3H3,(H,23,26). The normalized spacial score (nSPS) is 10.6. The smallest absolute Gasteiger partial charge is 0.358 e. The molecule has 3 aromatic rings. The van der Waals surface area contributed by atoms with Crippen molar-refractivity contribution in [3.8, 4) is 0 Å². The van der Waals surface area contributed by atoms with Gasteiger partial charge in [0.1, 0.15) is 0 Å². The molecule has 0 saturated carbocycles. The Morgan fingerprint density at radius 2 is 1.90 bits per heavy atom. The number of aryl methyl sites for hydroxylation is 1. The van der Waals surface area contributed by atoms with Gasteiger partial charge in [-0.15, -0.1) is 0 Å². The first-order chi connectivity index (χ1) is 14.0. The number of ether oxygens (including phenoxy) is 1. The van der Waals surface area contributed by atoms with Gasteiger partial charge in [-0.1, -0.05) is 59.8 Å². The Labute approximate surface area is 174 Å². The van der Waals surface area contributed by atoms with Crippen LogP contribution in [0.15, 0.2) is 59.8 Å². The molecule has 6 nitrogen and oxygen atoms in total. The van der Waals surface area contributed by atoms with Crippen LogP contribution in [0.4, 0.5) is 5.82 Å². The molecule has 29 heavy (non-hydrogen) atoms. The van der Waals surface area contributed by atoms with Gasteiger partial charge >= 0.3 is 5.97 Å². The van der Waals surface area contributed by atoms with E-state index in [4.69, 9.17) is 4.74 Å². The third kappa shape index (κ3) is 4.86. The van der Waals surface area contributed by atoms with Crippen LogP contribution in [0.2, 0.25) is 0 Å². The summed E-state index contributed by atoms with van der Waals surface area (Å²) in [6.07, 6.45) is 1.88. The summed E-state index contributed by atoms with van der Waals surface area (Å²) in [6.45, 7) is 4.34. The Kier molecular flexibility index (Phi) is 6.72. The van der Waals surface area contributed by atoms with Crippen molar-refractivity contribution in [3.05, 3.63) is 77.0 Å². The number of imidazole rings is 1. The molecule has 0 fully saturated rings. The van der Waals surface area contributed by atoms with E-state index in [0.29, 0.717) is 17.3 Å². The number of nitrogens with zero attached hydrogens (tertiary/aromatic N) is 2. The summed E-state index contributed by atoms with van der Waals surface area (Å²) in [5.41, 5.74) is 2.73. The van der Waals surface area contributed by atoms with E-state index in [2.05, 4.69) is 10.3 Å². The monoisotopic (exact) mass is 409 g/mol. The first-order valence-corrected chi connectivity index (χ1v) is 10.5. The maximum Gasteiger partial charge on any atom is 0.358 e. The second kappa shape index (κ2) is 9.43. The maximum absolute atomic E-state index is 12.7. The topological polar surface area (TPSA) is 73.2 Å². The van der Waals surface area contributed by atoms with Crippen LogP contribution in [-0.4, -0.2) is 34.3 Å². The van der Waals surface area contributed by atoms with Crippen LogP contribution in [0.5, 0.6) is 0 Å². The molecule has 0 spiro atoms. The van der Waals surface area contributed by atoms with Gasteiger partial charge in [-0.05, 0) is 37.8 Å². The van der Waals surface area contributed by atoms with Crippen LogP contribution in [-0.2, 0) is 11.3 Å². The summed E-state index contributed by atoms with van der Waals surface area (Å²) in [5, 5.41) is 3.41. The molecule has 2 aromatic carbocycles. The van der Waals surface area contributed by atoms with Gasteiger partial charge in [0.2, 0.25) is 0 Å². The van der Waals surface area contributed by atoms with E-state index in [1.165, 1.54) is 11.8 Å². The average molecular weight is 410 g/mol. The van der Waals surface area contributed by atoms with E-state index in [-0.39, 0.29) is 24.0 Å². The molecule has 0 aliphatic carbocycles. The first-order valence-electron chi connectivity index (χ1n) is 9.27. The third-order valence-electron chi connectivity index (χ3n) is 4.28. The number of hydrogen-bond acceptors (Lipinski definition) is 5. The molecule has 1 heterocycles. The summed E-state index contributed by atoms with van der Waals surface area (Å²) in [4.78, 5) is 30.0. The van der Waals surface area contributed by atoms with E-state index >= 15 is 0 Å². The van der Waals surface area contributed by atoms with Crippen LogP contribution >= 0.6 is 11.8 Å². The first kappa shape index (κ1) is 20.7. The van der Waals surface area contributed by atoms with Crippen molar-refractivity contribution in [3.63, 3.8) is 0 Å². The minimum Gasteiger partial charge on any atom is -0.461 e. The molecule has 3 rings (SSSR count). The predicted octanol–water partition coefficient (Wildman–Crippen LogP) is 4.39. The predicted molar refractivity (Wildman–Crippen MR) is 115 cm³/mol. The molecule has 0 unspecified atom stereocenters. The number of nitrogens with one attached hydrogen (secondary N) is 1. The fourth-order valence-electron chi connectivity index (χ4n) is 2.96. The van der Waals surface area contributed by atoms with E-state index < -0.39 is 5.97 Å². The Morgan fingerprint density at radius 3 is 2.55 bits per heavy atom. The van der Waals surface area contributed by atoms with Crippen molar-refractivity contribution in [2.24, 2.45) is 0 Å². The summed E-state index contributed by atoms with van der Waals surface area (Å²) < 4.78 is 7.03. The second-order valence-corrected chi connectivity index (χ2v) is 7.18. The molecule has 0 bridgehead atoms. The highest BCUT2D eigenvalue weighted by Gasteiger charge is 2.26. The number of aromatic nitrogens is 2. The largest absolute Gasteiger partial charge is 0.461 e. The lowest BCUT2D eigenvalue weighted by Crippen LogP contribution is -2.18. The number of esters is 1. The van der Waals surface area contributed by atoms with E-state index in [0.717, 1.165) is 11.1 Å². The van der Waals surface area contributed by atoms with Crippen LogP contribution in [0.3, 0.4) is 0 Å². The Bertz CT molecular complexity index is 1020. The fourth-order valence-corrected chi connectivity index (χ4v) is 3.52. The van der Waals surface area contributed by atoms with Crippen molar-refractivity contribution in [2.75, 3.05) is 18.2 Å². The molecular formula is C22H23N3O3S. The number of amides is 1. The zero-order chi connectivity index (χ0) is 20.8. The van der Waals surface area contributed by atoms with Crippen molar-refractivity contribution in [1.82, 2.24) is 9.55 Å². The van der Waals surface area contributed by atoms with Gasteiger partial charge in [-0.3, -0.25) is 4.79 Å². The highest BCUT2D eigenvalue weighted by molar-refractivity contribution is 7.98. The van der Waals surface area contributed by atoms with Gasteiger partial charge in [0.15, 0.2) is 16.7 Å². The molecule has 0 saturated heterocycles. The Morgan fingerprint density at radius 1 is 1.14 bits per heavy atom. The Balaban J connectivity index is 2.01. The Hall–Kier alpha value is -3.06. The number of anilines is 1. The van der Waals surface area contributed by atoms with E-state index in [1.54, 1.807) is 23.6 Å². The molecule has 1 aromatic heterocycles. The number of carbonyl (C=O) groups excluding carboxylic acids is 2. The molecule has 0 atom stereocenters.